The lowest BCUT2D eigenvalue weighted by Crippen LogP contribution is -2.52. The van der Waals surface area contributed by atoms with Gasteiger partial charge in [-0.15, -0.1) is 0 Å². The molecule has 0 saturated carbocycles. The number of hydrogen-bond acceptors (Lipinski definition) is 5. The number of hydrogen-bond donors (Lipinski definition) is 0. The molecule has 0 bridgehead atoms. The topological polar surface area (TPSA) is 87.2 Å². The molecule has 2 aliphatic heterocycles. The van der Waals surface area contributed by atoms with E-state index in [2.05, 4.69) is 0 Å². The fourth-order valence-electron chi connectivity index (χ4n) is 4.43. The first-order chi connectivity index (χ1) is 16.0. The molecular formula is C25H27N3O5. The molecular weight excluding hydrogens is 422 g/mol. The Balaban J connectivity index is 1.59. The number of rotatable bonds is 6. The third kappa shape index (κ3) is 4.66. The molecule has 2 aliphatic rings. The summed E-state index contributed by atoms with van der Waals surface area (Å²) in [6.45, 7) is 1.70. The van der Waals surface area contributed by atoms with Crippen LogP contribution in [0, 0.1) is 0 Å². The number of nitrogens with zero attached hydrogens (tertiary/aromatic N) is 3. The van der Waals surface area contributed by atoms with Gasteiger partial charge in [0.25, 0.3) is 11.8 Å². The van der Waals surface area contributed by atoms with Gasteiger partial charge in [-0.3, -0.25) is 24.1 Å². The molecule has 2 heterocycles. The lowest BCUT2D eigenvalue weighted by Gasteiger charge is -2.31. The molecule has 0 aliphatic carbocycles. The molecule has 1 atom stereocenters. The Morgan fingerprint density at radius 1 is 0.848 bits per heavy atom. The summed E-state index contributed by atoms with van der Waals surface area (Å²) in [6.07, 6.45) is 0.843. The Morgan fingerprint density at radius 3 is 2.06 bits per heavy atom. The number of methoxy groups -OCH3 is 1. The van der Waals surface area contributed by atoms with Crippen LogP contribution < -0.4 is 0 Å². The van der Waals surface area contributed by atoms with E-state index < -0.39 is 17.9 Å². The average Bonchev–Trinajstić information content (AvgIpc) is 2.99. The number of fused-ring (bicyclic) bond motifs is 1. The predicted octanol–water partition coefficient (Wildman–Crippen LogP) is 1.60. The fourth-order valence-corrected chi connectivity index (χ4v) is 4.43. The molecule has 172 valence electrons. The number of amides is 4. The summed E-state index contributed by atoms with van der Waals surface area (Å²) in [5.41, 5.74) is 1.50. The van der Waals surface area contributed by atoms with Crippen LogP contribution >= 0.6 is 0 Å². The monoisotopic (exact) mass is 449 g/mol. The SMILES string of the molecule is COCC(=O)N1CCCN(C(=O)C(Cc2ccccc2)N2C(=O)c3ccccc3C2=O)CC1. The Morgan fingerprint density at radius 2 is 1.42 bits per heavy atom. The van der Waals surface area contributed by atoms with Crippen LogP contribution in [-0.4, -0.2) is 84.3 Å². The highest BCUT2D eigenvalue weighted by Crippen LogP contribution is 2.27. The van der Waals surface area contributed by atoms with Gasteiger partial charge in [-0.2, -0.15) is 0 Å². The van der Waals surface area contributed by atoms with E-state index in [0.717, 1.165) is 10.5 Å². The molecule has 2 aromatic carbocycles. The van der Waals surface area contributed by atoms with E-state index in [1.54, 1.807) is 34.1 Å². The quantitative estimate of drug-likeness (QED) is 0.626. The van der Waals surface area contributed by atoms with Gasteiger partial charge in [-0.25, -0.2) is 0 Å². The molecule has 0 N–H and O–H groups in total. The van der Waals surface area contributed by atoms with Gasteiger partial charge in [0.15, 0.2) is 0 Å². The second-order valence-electron chi connectivity index (χ2n) is 8.22. The number of imide groups is 1. The summed E-state index contributed by atoms with van der Waals surface area (Å²) in [5, 5.41) is 0. The van der Waals surface area contributed by atoms with Crippen molar-refractivity contribution in [3.63, 3.8) is 0 Å². The summed E-state index contributed by atoms with van der Waals surface area (Å²) >= 11 is 0. The molecule has 1 fully saturated rings. The molecule has 0 spiro atoms. The van der Waals surface area contributed by atoms with E-state index in [9.17, 15) is 19.2 Å². The van der Waals surface area contributed by atoms with Crippen LogP contribution in [0.15, 0.2) is 54.6 Å². The second-order valence-corrected chi connectivity index (χ2v) is 8.22. The predicted molar refractivity (Wildman–Crippen MR) is 121 cm³/mol. The van der Waals surface area contributed by atoms with Crippen molar-refractivity contribution in [2.45, 2.75) is 18.9 Å². The maximum Gasteiger partial charge on any atom is 0.262 e. The van der Waals surface area contributed by atoms with Gasteiger partial charge < -0.3 is 14.5 Å². The molecule has 1 unspecified atom stereocenters. The molecule has 0 radical (unpaired) electrons. The van der Waals surface area contributed by atoms with Gasteiger partial charge in [0.1, 0.15) is 12.6 Å². The van der Waals surface area contributed by atoms with Crippen LogP contribution in [0.3, 0.4) is 0 Å². The van der Waals surface area contributed by atoms with E-state index >= 15 is 0 Å². The zero-order valence-corrected chi connectivity index (χ0v) is 18.6. The minimum atomic E-state index is -0.957. The molecule has 8 nitrogen and oxygen atoms in total. The van der Waals surface area contributed by atoms with E-state index in [1.165, 1.54) is 7.11 Å². The molecule has 4 rings (SSSR count). The van der Waals surface area contributed by atoms with Crippen molar-refractivity contribution in [2.75, 3.05) is 39.9 Å². The van der Waals surface area contributed by atoms with Crippen LogP contribution in [0.4, 0.5) is 0 Å². The Kier molecular flexibility index (Phi) is 6.84. The summed E-state index contributed by atoms with van der Waals surface area (Å²) in [4.78, 5) is 56.8. The van der Waals surface area contributed by atoms with Crippen LogP contribution in [0.2, 0.25) is 0 Å². The molecule has 1 saturated heterocycles. The first kappa shape index (κ1) is 22.7. The number of carbonyl (C=O) groups excluding carboxylic acids is 4. The van der Waals surface area contributed by atoms with Gasteiger partial charge in [0.2, 0.25) is 11.8 Å². The number of benzene rings is 2. The smallest absolute Gasteiger partial charge is 0.262 e. The Hall–Kier alpha value is -3.52. The lowest BCUT2D eigenvalue weighted by atomic mass is 10.0. The third-order valence-electron chi connectivity index (χ3n) is 6.12. The number of ether oxygens (including phenoxy) is 1. The van der Waals surface area contributed by atoms with Gasteiger partial charge in [0.05, 0.1) is 11.1 Å². The van der Waals surface area contributed by atoms with Crippen molar-refractivity contribution in [1.82, 2.24) is 14.7 Å². The van der Waals surface area contributed by atoms with E-state index in [0.29, 0.717) is 43.7 Å². The fraction of sp³-hybridized carbons (Fsp3) is 0.360. The molecule has 2 aromatic rings. The first-order valence-electron chi connectivity index (χ1n) is 11.1. The van der Waals surface area contributed by atoms with Gasteiger partial charge in [0, 0.05) is 39.7 Å². The van der Waals surface area contributed by atoms with E-state index in [4.69, 9.17) is 4.74 Å². The number of carbonyl (C=O) groups is 4. The van der Waals surface area contributed by atoms with Gasteiger partial charge >= 0.3 is 0 Å². The molecule has 8 heteroatoms. The van der Waals surface area contributed by atoms with Crippen LogP contribution in [0.25, 0.3) is 0 Å². The van der Waals surface area contributed by atoms with Crippen molar-refractivity contribution in [1.29, 1.82) is 0 Å². The van der Waals surface area contributed by atoms with Crippen molar-refractivity contribution >= 4 is 23.6 Å². The second kappa shape index (κ2) is 9.95. The maximum absolute atomic E-state index is 13.7. The standard InChI is InChI=1S/C25H27N3O5/c1-33-17-22(29)26-12-7-13-27(15-14-26)25(32)21(16-18-8-3-2-4-9-18)28-23(30)19-10-5-6-11-20(19)24(28)31/h2-6,8-11,21H,7,12-17H2,1H3. The van der Waals surface area contributed by atoms with Gasteiger partial charge in [-0.05, 0) is 24.1 Å². The highest BCUT2D eigenvalue weighted by atomic mass is 16.5. The van der Waals surface area contributed by atoms with Crippen molar-refractivity contribution in [2.24, 2.45) is 0 Å². The average molecular weight is 450 g/mol. The third-order valence-corrected chi connectivity index (χ3v) is 6.12. The maximum atomic E-state index is 13.7. The summed E-state index contributed by atoms with van der Waals surface area (Å²) in [7, 11) is 1.47. The van der Waals surface area contributed by atoms with Crippen LogP contribution in [0.5, 0.6) is 0 Å². The van der Waals surface area contributed by atoms with Crippen molar-refractivity contribution in [3.05, 3.63) is 71.3 Å². The van der Waals surface area contributed by atoms with Crippen molar-refractivity contribution in [3.8, 4) is 0 Å². The van der Waals surface area contributed by atoms with E-state index in [-0.39, 0.29) is 24.8 Å². The van der Waals surface area contributed by atoms with Crippen molar-refractivity contribution < 1.29 is 23.9 Å². The molecule has 33 heavy (non-hydrogen) atoms. The molecule has 4 amide bonds. The lowest BCUT2D eigenvalue weighted by molar-refractivity contribution is -0.137. The highest BCUT2D eigenvalue weighted by Gasteiger charge is 2.44. The van der Waals surface area contributed by atoms with Crippen LogP contribution in [0.1, 0.15) is 32.7 Å². The largest absolute Gasteiger partial charge is 0.375 e. The summed E-state index contributed by atoms with van der Waals surface area (Å²) < 4.78 is 4.95. The van der Waals surface area contributed by atoms with Crippen LogP contribution in [-0.2, 0) is 20.7 Å². The minimum absolute atomic E-state index is 0.000378. The Bertz CT molecular complexity index is 1020. The summed E-state index contributed by atoms with van der Waals surface area (Å²) in [6, 6.07) is 15.1. The van der Waals surface area contributed by atoms with E-state index in [1.807, 2.05) is 30.3 Å². The minimum Gasteiger partial charge on any atom is -0.375 e. The molecule has 0 aromatic heterocycles. The first-order valence-corrected chi connectivity index (χ1v) is 11.1. The van der Waals surface area contributed by atoms with Gasteiger partial charge in [-0.1, -0.05) is 42.5 Å². The zero-order chi connectivity index (χ0) is 23.4. The Labute approximate surface area is 192 Å². The normalized spacial score (nSPS) is 17.1. The summed E-state index contributed by atoms with van der Waals surface area (Å²) in [5.74, 6) is -1.30. The highest BCUT2D eigenvalue weighted by molar-refractivity contribution is 6.22. The zero-order valence-electron chi connectivity index (χ0n) is 18.6.